The minimum absolute atomic E-state index is 0.0266. The van der Waals surface area contributed by atoms with Crippen molar-refractivity contribution in [2.24, 2.45) is 5.92 Å². The number of carbonyl (C=O) groups is 1. The molecule has 1 fully saturated rings. The number of aromatic nitrogens is 1. The zero-order valence-electron chi connectivity index (χ0n) is 16.4. The molecule has 158 valence electrons. The van der Waals surface area contributed by atoms with Crippen LogP contribution in [0.2, 0.25) is 0 Å². The third kappa shape index (κ3) is 4.47. The van der Waals surface area contributed by atoms with Gasteiger partial charge in [0.05, 0.1) is 25.6 Å². The highest BCUT2D eigenvalue weighted by atomic mass is 32.2. The van der Waals surface area contributed by atoms with Crippen molar-refractivity contribution in [3.05, 3.63) is 72.8 Å². The minimum Gasteiger partial charge on any atom is -0.467 e. The van der Waals surface area contributed by atoms with Crippen LogP contribution in [0.1, 0.15) is 24.4 Å². The molecule has 0 N–H and O–H groups in total. The van der Waals surface area contributed by atoms with Crippen molar-refractivity contribution in [2.45, 2.75) is 30.8 Å². The lowest BCUT2D eigenvalue weighted by Crippen LogP contribution is -2.44. The van der Waals surface area contributed by atoms with Crippen LogP contribution in [0.4, 0.5) is 0 Å². The molecule has 0 aromatic carbocycles. The summed E-state index contributed by atoms with van der Waals surface area (Å²) in [4.78, 5) is 19.0. The van der Waals surface area contributed by atoms with Gasteiger partial charge in [-0.25, -0.2) is 8.42 Å². The van der Waals surface area contributed by atoms with Gasteiger partial charge in [-0.3, -0.25) is 9.78 Å². The van der Waals surface area contributed by atoms with E-state index in [0.717, 1.165) is 0 Å². The Hall–Kier alpha value is -2.91. The van der Waals surface area contributed by atoms with Gasteiger partial charge in [-0.1, -0.05) is 0 Å². The number of hydrogen-bond acceptors (Lipinski definition) is 6. The number of pyridine rings is 1. The predicted molar refractivity (Wildman–Crippen MR) is 107 cm³/mol. The second-order valence-corrected chi connectivity index (χ2v) is 9.16. The second kappa shape index (κ2) is 8.85. The van der Waals surface area contributed by atoms with E-state index in [1.807, 2.05) is 12.1 Å². The second-order valence-electron chi connectivity index (χ2n) is 7.22. The molecule has 0 atom stereocenters. The van der Waals surface area contributed by atoms with Gasteiger partial charge in [0.15, 0.2) is 0 Å². The number of amides is 1. The van der Waals surface area contributed by atoms with E-state index in [4.69, 9.17) is 8.83 Å². The SMILES string of the molecule is O=C(C1CCN(S(=O)(=O)c2cccnc2)CC1)N(Cc1ccco1)Cc1ccco1. The van der Waals surface area contributed by atoms with Crippen molar-refractivity contribution in [1.29, 1.82) is 0 Å². The van der Waals surface area contributed by atoms with Crippen molar-refractivity contribution in [2.75, 3.05) is 13.1 Å². The highest BCUT2D eigenvalue weighted by Gasteiger charge is 2.34. The van der Waals surface area contributed by atoms with Crippen LogP contribution in [0.3, 0.4) is 0 Å². The zero-order chi connectivity index (χ0) is 21.0. The first-order valence-corrected chi connectivity index (χ1v) is 11.2. The van der Waals surface area contributed by atoms with E-state index in [9.17, 15) is 13.2 Å². The molecule has 0 bridgehead atoms. The van der Waals surface area contributed by atoms with Gasteiger partial charge in [0, 0.05) is 31.4 Å². The summed E-state index contributed by atoms with van der Waals surface area (Å²) >= 11 is 0. The van der Waals surface area contributed by atoms with E-state index in [2.05, 4.69) is 4.98 Å². The van der Waals surface area contributed by atoms with Gasteiger partial charge in [-0.15, -0.1) is 0 Å². The van der Waals surface area contributed by atoms with Crippen LogP contribution >= 0.6 is 0 Å². The minimum atomic E-state index is -3.60. The van der Waals surface area contributed by atoms with Crippen LogP contribution in [0, 0.1) is 5.92 Å². The zero-order valence-corrected chi connectivity index (χ0v) is 17.2. The third-order valence-electron chi connectivity index (χ3n) is 5.24. The lowest BCUT2D eigenvalue weighted by Gasteiger charge is -2.33. The maximum Gasteiger partial charge on any atom is 0.244 e. The fourth-order valence-corrected chi connectivity index (χ4v) is 5.08. The Bertz CT molecular complexity index is 1010. The number of sulfonamides is 1. The summed E-state index contributed by atoms with van der Waals surface area (Å²) in [5.41, 5.74) is 0. The van der Waals surface area contributed by atoms with Crippen LogP contribution in [0.15, 0.2) is 75.0 Å². The van der Waals surface area contributed by atoms with Crippen LogP contribution in [-0.4, -0.2) is 41.6 Å². The molecule has 8 nitrogen and oxygen atoms in total. The molecule has 3 aromatic rings. The van der Waals surface area contributed by atoms with E-state index in [1.54, 1.807) is 35.6 Å². The fraction of sp³-hybridized carbons (Fsp3) is 0.333. The number of furan rings is 2. The fourth-order valence-electron chi connectivity index (χ4n) is 3.64. The highest BCUT2D eigenvalue weighted by molar-refractivity contribution is 7.89. The van der Waals surface area contributed by atoms with E-state index in [0.29, 0.717) is 50.5 Å². The molecule has 3 aromatic heterocycles. The quantitative estimate of drug-likeness (QED) is 0.573. The summed E-state index contributed by atoms with van der Waals surface area (Å²) < 4.78 is 37.8. The molecule has 4 heterocycles. The molecule has 4 rings (SSSR count). The first-order chi connectivity index (χ1) is 14.5. The Kier molecular flexibility index (Phi) is 6.01. The van der Waals surface area contributed by atoms with Crippen molar-refractivity contribution in [1.82, 2.24) is 14.2 Å². The molecule has 0 aliphatic carbocycles. The Balaban J connectivity index is 1.43. The van der Waals surface area contributed by atoms with Crippen LogP contribution < -0.4 is 0 Å². The normalized spacial score (nSPS) is 15.9. The summed E-state index contributed by atoms with van der Waals surface area (Å²) in [7, 11) is -3.60. The third-order valence-corrected chi connectivity index (χ3v) is 7.12. The van der Waals surface area contributed by atoms with Gasteiger partial charge in [0.25, 0.3) is 0 Å². The van der Waals surface area contributed by atoms with Crippen LogP contribution in [0.5, 0.6) is 0 Å². The van der Waals surface area contributed by atoms with E-state index >= 15 is 0 Å². The van der Waals surface area contributed by atoms with Gasteiger partial charge in [0.2, 0.25) is 15.9 Å². The van der Waals surface area contributed by atoms with Crippen molar-refractivity contribution < 1.29 is 22.0 Å². The summed E-state index contributed by atoms with van der Waals surface area (Å²) in [6.45, 7) is 1.26. The van der Waals surface area contributed by atoms with Crippen molar-refractivity contribution in [3.8, 4) is 0 Å². The molecule has 9 heteroatoms. The molecule has 0 unspecified atom stereocenters. The average molecular weight is 429 g/mol. The van der Waals surface area contributed by atoms with E-state index in [-0.39, 0.29) is 16.7 Å². The number of nitrogens with zero attached hydrogens (tertiary/aromatic N) is 3. The van der Waals surface area contributed by atoms with Gasteiger partial charge < -0.3 is 13.7 Å². The largest absolute Gasteiger partial charge is 0.467 e. The molecule has 1 aliphatic rings. The van der Waals surface area contributed by atoms with Gasteiger partial charge in [-0.05, 0) is 49.2 Å². The van der Waals surface area contributed by atoms with Crippen LogP contribution in [0.25, 0.3) is 0 Å². The topological polar surface area (TPSA) is 96.9 Å². The molecular formula is C21H23N3O5S. The Morgan fingerprint density at radius 1 is 1.03 bits per heavy atom. The summed E-state index contributed by atoms with van der Waals surface area (Å²) in [6.07, 6.45) is 6.97. The Morgan fingerprint density at radius 3 is 2.17 bits per heavy atom. The lowest BCUT2D eigenvalue weighted by atomic mass is 9.96. The molecule has 0 saturated carbocycles. The van der Waals surface area contributed by atoms with E-state index in [1.165, 1.54) is 22.8 Å². The predicted octanol–water partition coefficient (Wildman–Crippen LogP) is 2.90. The number of carbonyl (C=O) groups excluding carboxylic acids is 1. The highest BCUT2D eigenvalue weighted by Crippen LogP contribution is 2.26. The summed E-state index contributed by atoms with van der Waals surface area (Å²) in [6, 6.07) is 10.4. The maximum absolute atomic E-state index is 13.2. The molecule has 0 spiro atoms. The summed E-state index contributed by atoms with van der Waals surface area (Å²) in [5, 5.41) is 0. The molecule has 1 amide bonds. The lowest BCUT2D eigenvalue weighted by molar-refractivity contribution is -0.138. The van der Waals surface area contributed by atoms with Crippen LogP contribution in [-0.2, 0) is 27.9 Å². The summed E-state index contributed by atoms with van der Waals surface area (Å²) in [5.74, 6) is 1.09. The smallest absolute Gasteiger partial charge is 0.244 e. The Morgan fingerprint density at radius 2 is 1.67 bits per heavy atom. The van der Waals surface area contributed by atoms with Gasteiger partial charge in [0.1, 0.15) is 16.4 Å². The van der Waals surface area contributed by atoms with Crippen molar-refractivity contribution in [3.63, 3.8) is 0 Å². The Labute approximate surface area is 175 Å². The maximum atomic E-state index is 13.2. The van der Waals surface area contributed by atoms with Crippen molar-refractivity contribution >= 4 is 15.9 Å². The van der Waals surface area contributed by atoms with Gasteiger partial charge >= 0.3 is 0 Å². The average Bonchev–Trinajstić information content (AvgIpc) is 3.48. The standard InChI is InChI=1S/C21H23N3O5S/c25-21(23(15-18-4-2-12-28-18)16-19-5-3-13-29-19)17-7-10-24(11-8-17)30(26,27)20-6-1-9-22-14-20/h1-6,9,12-14,17H,7-8,10-11,15-16H2. The molecule has 30 heavy (non-hydrogen) atoms. The number of piperidine rings is 1. The molecule has 1 aliphatic heterocycles. The number of hydrogen-bond donors (Lipinski definition) is 0. The number of rotatable bonds is 7. The van der Waals surface area contributed by atoms with Gasteiger partial charge in [-0.2, -0.15) is 4.31 Å². The van der Waals surface area contributed by atoms with E-state index < -0.39 is 10.0 Å². The first kappa shape index (κ1) is 20.4. The molecular weight excluding hydrogens is 406 g/mol. The molecule has 0 radical (unpaired) electrons. The monoisotopic (exact) mass is 429 g/mol. The molecule has 1 saturated heterocycles. The first-order valence-electron chi connectivity index (χ1n) is 9.78.